The van der Waals surface area contributed by atoms with Crippen LogP contribution in [0, 0.1) is 0 Å². The molecule has 13 heavy (non-hydrogen) atoms. The van der Waals surface area contributed by atoms with Crippen molar-refractivity contribution in [1.82, 2.24) is 0 Å². The van der Waals surface area contributed by atoms with Crippen LogP contribution in [0.15, 0.2) is 0 Å². The molecule has 0 saturated carbocycles. The number of halogens is 1. The number of carbonyl (C=O) groups excluding carboxylic acids is 1. The Balaban J connectivity index is 3.38. The molecular formula is C8H15ClO4. The molecular weight excluding hydrogens is 196 g/mol. The smallest absolute Gasteiger partial charge is 0.307 e. The maximum Gasteiger partial charge on any atom is 0.307 e. The highest BCUT2D eigenvalue weighted by atomic mass is 35.5. The van der Waals surface area contributed by atoms with Crippen LogP contribution >= 0.6 is 11.6 Å². The second kappa shape index (κ2) is 8.29. The summed E-state index contributed by atoms with van der Waals surface area (Å²) in [6.07, 6.45) is 1.46. The van der Waals surface area contributed by atoms with Gasteiger partial charge in [0.2, 0.25) is 0 Å². The number of carbonyl (C=O) groups is 1. The third-order valence-electron chi connectivity index (χ3n) is 1.45. The third-order valence-corrected chi connectivity index (χ3v) is 1.82. The lowest BCUT2D eigenvalue weighted by atomic mass is 10.2. The summed E-state index contributed by atoms with van der Waals surface area (Å²) in [6.45, 7) is 2.37. The van der Waals surface area contributed by atoms with Crippen molar-refractivity contribution < 1.29 is 19.7 Å². The molecule has 0 aromatic carbocycles. The van der Waals surface area contributed by atoms with E-state index in [2.05, 4.69) is 4.89 Å². The topological polar surface area (TPSA) is 55.8 Å². The van der Waals surface area contributed by atoms with Crippen LogP contribution in [0.4, 0.5) is 0 Å². The van der Waals surface area contributed by atoms with E-state index >= 15 is 0 Å². The molecule has 0 bridgehead atoms. The fourth-order valence-electron chi connectivity index (χ4n) is 0.872. The molecule has 0 aliphatic rings. The molecule has 1 N–H and O–H groups in total. The average Bonchev–Trinajstić information content (AvgIpc) is 2.05. The van der Waals surface area contributed by atoms with Gasteiger partial charge in [-0.05, 0) is 19.8 Å². The van der Waals surface area contributed by atoms with Gasteiger partial charge in [0.15, 0.2) is 0 Å². The van der Waals surface area contributed by atoms with Gasteiger partial charge in [0.25, 0.3) is 0 Å². The first-order chi connectivity index (χ1) is 6.20. The summed E-state index contributed by atoms with van der Waals surface area (Å²) in [7, 11) is 0. The Labute approximate surface area is 82.7 Å². The highest BCUT2D eigenvalue weighted by molar-refractivity contribution is 6.21. The van der Waals surface area contributed by atoms with Crippen LogP contribution in [0.5, 0.6) is 0 Å². The Hall–Kier alpha value is -0.320. The summed E-state index contributed by atoms with van der Waals surface area (Å²) in [5.41, 5.74) is 0. The van der Waals surface area contributed by atoms with Crippen molar-refractivity contribution in [3.05, 3.63) is 0 Å². The van der Waals surface area contributed by atoms with E-state index < -0.39 is 0 Å². The second-order valence-corrected chi connectivity index (χ2v) is 3.20. The molecule has 0 aromatic heterocycles. The van der Waals surface area contributed by atoms with E-state index in [4.69, 9.17) is 21.6 Å². The quantitative estimate of drug-likeness (QED) is 0.229. The zero-order chi connectivity index (χ0) is 10.1. The number of ether oxygens (including phenoxy) is 1. The van der Waals surface area contributed by atoms with Gasteiger partial charge in [-0.25, -0.2) is 4.89 Å². The molecule has 5 heteroatoms. The van der Waals surface area contributed by atoms with Gasteiger partial charge in [-0.1, -0.05) is 0 Å². The van der Waals surface area contributed by atoms with Gasteiger partial charge in [-0.3, -0.25) is 10.1 Å². The van der Waals surface area contributed by atoms with Crippen molar-refractivity contribution in [2.24, 2.45) is 0 Å². The molecule has 0 aromatic rings. The molecule has 1 atom stereocenters. The van der Waals surface area contributed by atoms with Crippen molar-refractivity contribution >= 4 is 17.6 Å². The number of alkyl halides is 1. The molecule has 0 aliphatic heterocycles. The SMILES string of the molecule is CCOC(=O)CC(Cl)CCCOO. The van der Waals surface area contributed by atoms with Crippen LogP contribution in [0.2, 0.25) is 0 Å². The number of hydrogen-bond acceptors (Lipinski definition) is 4. The van der Waals surface area contributed by atoms with Crippen LogP contribution in [-0.2, 0) is 14.4 Å². The molecule has 0 aliphatic carbocycles. The molecule has 1 unspecified atom stereocenters. The highest BCUT2D eigenvalue weighted by Gasteiger charge is 2.11. The van der Waals surface area contributed by atoms with Crippen LogP contribution in [0.3, 0.4) is 0 Å². The lowest BCUT2D eigenvalue weighted by molar-refractivity contribution is -0.242. The van der Waals surface area contributed by atoms with Gasteiger partial charge >= 0.3 is 5.97 Å². The van der Waals surface area contributed by atoms with E-state index in [1.54, 1.807) is 6.92 Å². The van der Waals surface area contributed by atoms with Crippen molar-refractivity contribution in [3.63, 3.8) is 0 Å². The van der Waals surface area contributed by atoms with Gasteiger partial charge in [0, 0.05) is 5.38 Å². The average molecular weight is 211 g/mol. The molecule has 4 nitrogen and oxygen atoms in total. The van der Waals surface area contributed by atoms with Crippen molar-refractivity contribution in [2.45, 2.75) is 31.6 Å². The van der Waals surface area contributed by atoms with Crippen LogP contribution in [0.25, 0.3) is 0 Å². The van der Waals surface area contributed by atoms with E-state index in [0.717, 1.165) is 0 Å². The lowest BCUT2D eigenvalue weighted by Crippen LogP contribution is -2.12. The largest absolute Gasteiger partial charge is 0.466 e. The summed E-state index contributed by atoms with van der Waals surface area (Å²) in [4.78, 5) is 14.8. The summed E-state index contributed by atoms with van der Waals surface area (Å²) >= 11 is 5.81. The first kappa shape index (κ1) is 12.7. The van der Waals surface area contributed by atoms with E-state index in [1.165, 1.54) is 0 Å². The van der Waals surface area contributed by atoms with Crippen LogP contribution in [0.1, 0.15) is 26.2 Å². The highest BCUT2D eigenvalue weighted by Crippen LogP contribution is 2.10. The Kier molecular flexibility index (Phi) is 8.08. The van der Waals surface area contributed by atoms with E-state index in [0.29, 0.717) is 19.4 Å². The normalized spacial score (nSPS) is 12.5. The Morgan fingerprint density at radius 2 is 2.31 bits per heavy atom. The maximum atomic E-state index is 10.9. The summed E-state index contributed by atoms with van der Waals surface area (Å²) < 4.78 is 4.71. The minimum Gasteiger partial charge on any atom is -0.466 e. The monoisotopic (exact) mass is 210 g/mol. The van der Waals surface area contributed by atoms with Crippen molar-refractivity contribution in [1.29, 1.82) is 0 Å². The molecule has 0 saturated heterocycles. The Bertz CT molecular complexity index is 140. The van der Waals surface area contributed by atoms with Crippen LogP contribution in [-0.4, -0.2) is 29.8 Å². The maximum absolute atomic E-state index is 10.9. The van der Waals surface area contributed by atoms with Gasteiger partial charge in [-0.15, -0.1) is 11.6 Å². The Morgan fingerprint density at radius 3 is 2.85 bits per heavy atom. The molecule has 0 radical (unpaired) electrons. The predicted octanol–water partition coefficient (Wildman–Crippen LogP) is 1.82. The molecule has 78 valence electrons. The predicted molar refractivity (Wildman–Crippen MR) is 48.7 cm³/mol. The van der Waals surface area contributed by atoms with E-state index in [1.807, 2.05) is 0 Å². The first-order valence-electron chi connectivity index (χ1n) is 4.26. The van der Waals surface area contributed by atoms with Gasteiger partial charge in [0.05, 0.1) is 19.6 Å². The fourth-order valence-corrected chi connectivity index (χ4v) is 1.15. The van der Waals surface area contributed by atoms with Crippen molar-refractivity contribution in [2.75, 3.05) is 13.2 Å². The fraction of sp³-hybridized carbons (Fsp3) is 0.875. The summed E-state index contributed by atoms with van der Waals surface area (Å²) in [5, 5.41) is 7.77. The number of rotatable bonds is 7. The minimum absolute atomic E-state index is 0.209. The number of esters is 1. The van der Waals surface area contributed by atoms with E-state index in [-0.39, 0.29) is 24.4 Å². The lowest BCUT2D eigenvalue weighted by Gasteiger charge is -2.07. The van der Waals surface area contributed by atoms with Gasteiger partial charge in [0.1, 0.15) is 0 Å². The summed E-state index contributed by atoms with van der Waals surface area (Å²) in [6, 6.07) is 0. The number of hydrogen-bond donors (Lipinski definition) is 1. The molecule has 0 rings (SSSR count). The van der Waals surface area contributed by atoms with Gasteiger partial charge in [-0.2, -0.15) is 0 Å². The molecule has 0 fully saturated rings. The zero-order valence-corrected chi connectivity index (χ0v) is 8.42. The second-order valence-electron chi connectivity index (χ2n) is 2.58. The van der Waals surface area contributed by atoms with Crippen molar-refractivity contribution in [3.8, 4) is 0 Å². The Morgan fingerprint density at radius 1 is 1.62 bits per heavy atom. The standard InChI is InChI=1S/C8H15ClO4/c1-2-12-8(10)6-7(9)4-3-5-13-11/h7,11H,2-6H2,1H3. The molecule has 0 heterocycles. The zero-order valence-electron chi connectivity index (χ0n) is 7.66. The molecule has 0 spiro atoms. The minimum atomic E-state index is -0.285. The molecule has 0 amide bonds. The first-order valence-corrected chi connectivity index (χ1v) is 4.70. The van der Waals surface area contributed by atoms with Crippen LogP contribution < -0.4 is 0 Å². The van der Waals surface area contributed by atoms with E-state index in [9.17, 15) is 4.79 Å². The third kappa shape index (κ3) is 8.02. The summed E-state index contributed by atoms with van der Waals surface area (Å²) in [5.74, 6) is -0.285. The van der Waals surface area contributed by atoms with Gasteiger partial charge < -0.3 is 4.74 Å².